The third kappa shape index (κ3) is 9.94. The third-order valence-electron chi connectivity index (χ3n) is 15.7. The molecule has 4 aromatic heterocycles. The zero-order chi connectivity index (χ0) is 58.8. The Balaban J connectivity index is 0.904. The fourth-order valence-corrected chi connectivity index (χ4v) is 11.2. The van der Waals surface area contributed by atoms with Crippen LogP contribution in [0.25, 0.3) is 45.0 Å². The van der Waals surface area contributed by atoms with Crippen molar-refractivity contribution < 1.29 is 35.9 Å². The van der Waals surface area contributed by atoms with Crippen molar-refractivity contribution in [2.45, 2.75) is 51.6 Å². The first-order valence-corrected chi connectivity index (χ1v) is 25.8. The molecule has 0 saturated heterocycles. The Bertz CT molecular complexity index is 4160. The van der Waals surface area contributed by atoms with Crippen LogP contribution in [-0.2, 0) is 39.5 Å². The molecule has 24 heteroatoms. The Kier molecular flexibility index (Phi) is 13.5. The number of hydrogen-bond acceptors (Lipinski definition) is 14. The summed E-state index contributed by atoms with van der Waals surface area (Å²) in [7, 11) is 3.45. The number of anilines is 4. The fourth-order valence-electron chi connectivity index (χ4n) is 11.2. The van der Waals surface area contributed by atoms with E-state index < -0.39 is 65.1 Å². The van der Waals surface area contributed by atoms with Crippen LogP contribution in [0.15, 0.2) is 110 Å². The van der Waals surface area contributed by atoms with Gasteiger partial charge in [0.25, 0.3) is 11.8 Å². The normalized spacial score (nSPS) is 17.1. The lowest BCUT2D eigenvalue weighted by Crippen LogP contribution is -2.47. The number of hydrogen-bond donors (Lipinski definition) is 2. The Morgan fingerprint density at radius 3 is 1.51 bits per heavy atom. The largest absolute Gasteiger partial charge is 0.416 e. The quantitative estimate of drug-likeness (QED) is 0.0962. The van der Waals surface area contributed by atoms with E-state index in [9.17, 15) is 57.0 Å². The van der Waals surface area contributed by atoms with Gasteiger partial charge in [0.15, 0.2) is 11.6 Å². The molecule has 11 rings (SSSR count). The number of aryl methyl sites for hydroxylation is 2. The lowest BCUT2D eigenvalue weighted by atomic mass is 9.56. The number of nitrogens with one attached hydrogen (secondary N) is 2. The van der Waals surface area contributed by atoms with Crippen LogP contribution in [0.4, 0.5) is 49.6 Å². The summed E-state index contributed by atoms with van der Waals surface area (Å²) in [4.78, 5) is 39.8. The number of pyridine rings is 2. The van der Waals surface area contributed by atoms with Crippen molar-refractivity contribution in [3.63, 3.8) is 0 Å². The minimum Gasteiger partial charge on any atom is -0.368 e. The van der Waals surface area contributed by atoms with Gasteiger partial charge in [-0.15, -0.1) is 20.4 Å². The van der Waals surface area contributed by atoms with E-state index in [-0.39, 0.29) is 76.2 Å². The smallest absolute Gasteiger partial charge is 0.368 e. The molecule has 1 saturated carbocycles. The molecule has 8 aromatic rings. The summed E-state index contributed by atoms with van der Waals surface area (Å²) in [6.45, 7) is 0.701. The average Bonchev–Trinajstić information content (AvgIpc) is 4.34. The molecule has 6 heterocycles. The van der Waals surface area contributed by atoms with Gasteiger partial charge in [0, 0.05) is 49.4 Å². The van der Waals surface area contributed by atoms with Gasteiger partial charge in [0.1, 0.15) is 35.9 Å². The van der Waals surface area contributed by atoms with Crippen molar-refractivity contribution in [1.29, 1.82) is 21.0 Å². The van der Waals surface area contributed by atoms with E-state index in [2.05, 4.69) is 55.3 Å². The fraction of sp³-hybridized carbons (Fsp3) is 0.254. The molecule has 2 amide bonds. The van der Waals surface area contributed by atoms with Crippen molar-refractivity contribution in [2.24, 2.45) is 30.8 Å². The number of nitriles is 4. The van der Waals surface area contributed by atoms with Crippen molar-refractivity contribution in [2.75, 3.05) is 33.5 Å². The molecular weight excluding hydrogens is 1080 g/mol. The van der Waals surface area contributed by atoms with Crippen LogP contribution >= 0.6 is 0 Å². The molecule has 1 fully saturated rings. The third-order valence-corrected chi connectivity index (χ3v) is 15.7. The van der Waals surface area contributed by atoms with E-state index in [1.807, 2.05) is 0 Å². The van der Waals surface area contributed by atoms with E-state index in [1.165, 1.54) is 49.1 Å². The van der Waals surface area contributed by atoms with Crippen LogP contribution in [0.1, 0.15) is 80.3 Å². The predicted molar refractivity (Wildman–Crippen MR) is 289 cm³/mol. The number of carbonyl (C=O) groups is 2. The summed E-state index contributed by atoms with van der Waals surface area (Å²) in [6, 6.07) is 32.1. The van der Waals surface area contributed by atoms with Gasteiger partial charge in [-0.1, -0.05) is 12.1 Å². The lowest BCUT2D eigenvalue weighted by molar-refractivity contribution is -0.139. The predicted octanol–water partition coefficient (Wildman–Crippen LogP) is 10.9. The number of benzene rings is 4. The first-order valence-electron chi connectivity index (χ1n) is 25.8. The number of amides is 2. The van der Waals surface area contributed by atoms with Crippen LogP contribution in [-0.4, -0.2) is 64.4 Å². The second kappa shape index (κ2) is 20.6. The molecule has 1 aliphatic carbocycles. The molecule has 2 N–H and O–H groups in total. The van der Waals surface area contributed by atoms with E-state index in [0.717, 1.165) is 21.9 Å². The van der Waals surface area contributed by atoms with E-state index in [4.69, 9.17) is 9.97 Å². The van der Waals surface area contributed by atoms with Crippen molar-refractivity contribution in [3.05, 3.63) is 154 Å². The van der Waals surface area contributed by atoms with Crippen molar-refractivity contribution >= 4 is 35.1 Å². The topological polar surface area (TPSA) is 247 Å². The molecule has 4 aromatic carbocycles. The molecule has 18 nitrogen and oxygen atoms in total. The van der Waals surface area contributed by atoms with Gasteiger partial charge in [-0.25, -0.2) is 9.97 Å². The zero-order valence-electron chi connectivity index (χ0n) is 44.3. The van der Waals surface area contributed by atoms with Crippen LogP contribution < -0.4 is 20.4 Å². The molecule has 414 valence electrons. The summed E-state index contributed by atoms with van der Waals surface area (Å²) < 4.78 is 89.2. The second-order valence-corrected chi connectivity index (χ2v) is 21.0. The number of aromatic nitrogens is 8. The van der Waals surface area contributed by atoms with Gasteiger partial charge in [0.05, 0.1) is 70.5 Å². The maximum absolute atomic E-state index is 14.3. The molecule has 3 unspecified atom stereocenters. The molecule has 0 radical (unpaired) electrons. The van der Waals surface area contributed by atoms with Crippen molar-refractivity contribution in [1.82, 2.24) is 39.5 Å². The second-order valence-electron chi connectivity index (χ2n) is 21.0. The summed E-state index contributed by atoms with van der Waals surface area (Å²) in [5, 5.41) is 65.1. The van der Waals surface area contributed by atoms with Gasteiger partial charge < -0.3 is 19.8 Å². The first-order chi connectivity index (χ1) is 39.6. The zero-order valence-corrected chi connectivity index (χ0v) is 44.3. The Hall–Kier alpha value is -10.5. The standard InChI is InChI=1S/C59H44F6N16O2/c1-56(27-68,29-70-48-18-35(42-16-33(23-66)10-12-38(42)52-76-72-31-78(52)2)20-50(74-48)80-25-44-40(54(80)82)6-4-8-46(44)58(60,61)62)22-37-14-15-57(37,28-69)30-71-49-19-36(43-17-34(24-67)11-13-39(43)53-77-73-32-79(53)3)21-51(75-49)81-26-45-41(55(81)83)7-5-9-47(45)59(63,64)65/h4-13,16-21,31-32,37H,14-15,22,25-26,29-30H2,1-3H3,(H,70,74)(H,71,75). The van der Waals surface area contributed by atoms with Crippen LogP contribution in [0.3, 0.4) is 0 Å². The number of halogens is 6. The molecule has 83 heavy (non-hydrogen) atoms. The monoisotopic (exact) mass is 1120 g/mol. The van der Waals surface area contributed by atoms with Gasteiger partial charge in [-0.2, -0.15) is 47.4 Å². The molecule has 2 aliphatic heterocycles. The van der Waals surface area contributed by atoms with Crippen LogP contribution in [0.2, 0.25) is 0 Å². The average molecular weight is 1120 g/mol. The summed E-state index contributed by atoms with van der Waals surface area (Å²) in [5.41, 5.74) is -1.64. The van der Waals surface area contributed by atoms with Gasteiger partial charge in [-0.3, -0.25) is 19.4 Å². The lowest BCUT2D eigenvalue weighted by Gasteiger charge is -2.47. The molecular formula is C59H44F6N16O2. The highest BCUT2D eigenvalue weighted by molar-refractivity contribution is 6.11. The summed E-state index contributed by atoms with van der Waals surface area (Å²) >= 11 is 0. The number of rotatable bonds is 14. The Morgan fingerprint density at radius 2 is 1.11 bits per heavy atom. The molecule has 3 atom stereocenters. The van der Waals surface area contributed by atoms with Gasteiger partial charge in [-0.05, 0) is 150 Å². The number of nitrogens with zero attached hydrogens (tertiary/aromatic N) is 14. The number of alkyl halides is 6. The van der Waals surface area contributed by atoms with E-state index in [1.54, 1.807) is 78.7 Å². The number of fused-ring (bicyclic) bond motifs is 2. The summed E-state index contributed by atoms with van der Waals surface area (Å²) in [5.74, 6) is -0.762. The maximum Gasteiger partial charge on any atom is 0.416 e. The minimum absolute atomic E-state index is 0.0157. The van der Waals surface area contributed by atoms with Crippen molar-refractivity contribution in [3.8, 4) is 69.3 Å². The highest BCUT2D eigenvalue weighted by Gasteiger charge is 2.50. The highest BCUT2D eigenvalue weighted by Crippen LogP contribution is 2.52. The van der Waals surface area contributed by atoms with E-state index in [0.29, 0.717) is 57.9 Å². The summed E-state index contributed by atoms with van der Waals surface area (Å²) in [6.07, 6.45) is -5.43. The maximum atomic E-state index is 14.3. The highest BCUT2D eigenvalue weighted by atomic mass is 19.4. The molecule has 0 bridgehead atoms. The Labute approximate surface area is 469 Å². The van der Waals surface area contributed by atoms with E-state index >= 15 is 0 Å². The van der Waals surface area contributed by atoms with Gasteiger partial charge in [0.2, 0.25) is 0 Å². The minimum atomic E-state index is -4.76. The first kappa shape index (κ1) is 54.5. The number of carbonyl (C=O) groups excluding carboxylic acids is 2. The SMILES string of the molecule is Cn1cnnc1-c1ccc(C#N)cc1-c1cc(NCC(C)(C#N)CC2CCC2(C#N)CNc2cc(-c3cc(C#N)ccc3-c3nncn3C)cc(N3Cc4c(cccc4C(F)(F)F)C3=O)n2)nc(N2Cc3c(cccc3C(F)(F)F)C2=O)c1. The van der Waals surface area contributed by atoms with Gasteiger partial charge >= 0.3 is 12.4 Å². The molecule has 3 aliphatic rings. The van der Waals surface area contributed by atoms with Crippen LogP contribution in [0, 0.1) is 62.1 Å². The van der Waals surface area contributed by atoms with Crippen LogP contribution in [0.5, 0.6) is 0 Å². The Morgan fingerprint density at radius 1 is 0.627 bits per heavy atom. The molecule has 0 spiro atoms.